The smallest absolute Gasteiger partial charge is 0.133 e. The van der Waals surface area contributed by atoms with Crippen LogP contribution in [0.5, 0.6) is 0 Å². The van der Waals surface area contributed by atoms with Gasteiger partial charge in [-0.25, -0.2) is 0 Å². The fraction of sp³-hybridized carbons (Fsp3) is 0.700. The van der Waals surface area contributed by atoms with Crippen molar-refractivity contribution < 1.29 is 4.52 Å². The topological polar surface area (TPSA) is 52.0 Å². The number of hydrogen-bond donors (Lipinski definition) is 1. The molecule has 0 spiro atoms. The van der Waals surface area contributed by atoms with Crippen molar-refractivity contribution in [1.29, 1.82) is 0 Å². The van der Waals surface area contributed by atoms with E-state index >= 15 is 0 Å². The monoisotopic (exact) mass is 180 g/mol. The molecule has 1 fully saturated rings. The fourth-order valence-electron chi connectivity index (χ4n) is 1.66. The van der Waals surface area contributed by atoms with Gasteiger partial charge in [-0.05, 0) is 44.6 Å². The molecule has 0 bridgehead atoms. The van der Waals surface area contributed by atoms with Gasteiger partial charge in [0.2, 0.25) is 0 Å². The van der Waals surface area contributed by atoms with Crippen LogP contribution in [0.25, 0.3) is 0 Å². The van der Waals surface area contributed by atoms with Gasteiger partial charge in [0.25, 0.3) is 0 Å². The Labute approximate surface area is 78.3 Å². The Morgan fingerprint density at radius 1 is 1.62 bits per heavy atom. The summed E-state index contributed by atoms with van der Waals surface area (Å²) < 4.78 is 5.00. The van der Waals surface area contributed by atoms with Crippen molar-refractivity contribution in [2.75, 3.05) is 6.54 Å². The third-order valence-electron chi connectivity index (χ3n) is 2.98. The Bertz CT molecular complexity index is 289. The Balaban J connectivity index is 1.86. The van der Waals surface area contributed by atoms with Crippen LogP contribution >= 0.6 is 0 Å². The fourth-order valence-corrected chi connectivity index (χ4v) is 1.66. The standard InChI is InChI=1S/C10H16N2O/c1-8-6-9(12-13-8)2-3-10(7-11)4-5-10/h6H,2-5,7,11H2,1H3. The Morgan fingerprint density at radius 3 is 2.85 bits per heavy atom. The predicted octanol–water partition coefficient (Wildman–Crippen LogP) is 1.65. The lowest BCUT2D eigenvalue weighted by Crippen LogP contribution is -2.16. The lowest BCUT2D eigenvalue weighted by Gasteiger charge is -2.09. The highest BCUT2D eigenvalue weighted by atomic mass is 16.5. The molecule has 1 aromatic heterocycles. The summed E-state index contributed by atoms with van der Waals surface area (Å²) in [6.45, 7) is 2.75. The molecule has 0 aromatic carbocycles. The van der Waals surface area contributed by atoms with E-state index in [0.717, 1.165) is 30.8 Å². The maximum atomic E-state index is 5.69. The molecule has 2 rings (SSSR count). The predicted molar refractivity (Wildman–Crippen MR) is 50.3 cm³/mol. The van der Waals surface area contributed by atoms with E-state index in [1.54, 1.807) is 0 Å². The zero-order chi connectivity index (χ0) is 9.31. The summed E-state index contributed by atoms with van der Waals surface area (Å²) in [5.74, 6) is 0.896. The van der Waals surface area contributed by atoms with E-state index < -0.39 is 0 Å². The largest absolute Gasteiger partial charge is 0.361 e. The van der Waals surface area contributed by atoms with Crippen LogP contribution in [0, 0.1) is 12.3 Å². The molecule has 1 heterocycles. The maximum absolute atomic E-state index is 5.69. The van der Waals surface area contributed by atoms with Crippen LogP contribution in [0.4, 0.5) is 0 Å². The van der Waals surface area contributed by atoms with Gasteiger partial charge < -0.3 is 10.3 Å². The second kappa shape index (κ2) is 3.14. The number of nitrogens with two attached hydrogens (primary N) is 1. The third-order valence-corrected chi connectivity index (χ3v) is 2.98. The molecule has 1 aromatic rings. The van der Waals surface area contributed by atoms with E-state index in [9.17, 15) is 0 Å². The van der Waals surface area contributed by atoms with Gasteiger partial charge in [-0.1, -0.05) is 5.16 Å². The summed E-state index contributed by atoms with van der Waals surface area (Å²) in [5.41, 5.74) is 7.21. The zero-order valence-corrected chi connectivity index (χ0v) is 8.05. The lowest BCUT2D eigenvalue weighted by molar-refractivity contribution is 0.385. The van der Waals surface area contributed by atoms with Gasteiger partial charge in [0, 0.05) is 6.07 Å². The third kappa shape index (κ3) is 1.91. The van der Waals surface area contributed by atoms with E-state index in [-0.39, 0.29) is 0 Å². The van der Waals surface area contributed by atoms with Crippen molar-refractivity contribution in [3.05, 3.63) is 17.5 Å². The summed E-state index contributed by atoms with van der Waals surface area (Å²) in [7, 11) is 0. The molecule has 3 heteroatoms. The Kier molecular flexibility index (Phi) is 2.12. The van der Waals surface area contributed by atoms with Crippen LogP contribution in [-0.2, 0) is 6.42 Å². The SMILES string of the molecule is Cc1cc(CCC2(CN)CC2)no1. The molecule has 13 heavy (non-hydrogen) atoms. The van der Waals surface area contributed by atoms with E-state index in [1.807, 2.05) is 13.0 Å². The molecule has 0 radical (unpaired) electrons. The molecule has 1 saturated carbocycles. The van der Waals surface area contributed by atoms with Crippen molar-refractivity contribution >= 4 is 0 Å². The number of aromatic nitrogens is 1. The quantitative estimate of drug-likeness (QED) is 0.766. The highest BCUT2D eigenvalue weighted by molar-refractivity contribution is 5.05. The first-order valence-electron chi connectivity index (χ1n) is 4.86. The summed E-state index contributed by atoms with van der Waals surface area (Å²) in [4.78, 5) is 0. The molecule has 0 unspecified atom stereocenters. The van der Waals surface area contributed by atoms with E-state index in [1.165, 1.54) is 12.8 Å². The molecule has 72 valence electrons. The van der Waals surface area contributed by atoms with Crippen molar-refractivity contribution in [2.24, 2.45) is 11.1 Å². The van der Waals surface area contributed by atoms with Crippen molar-refractivity contribution in [1.82, 2.24) is 5.16 Å². The van der Waals surface area contributed by atoms with Crippen molar-refractivity contribution in [2.45, 2.75) is 32.6 Å². The van der Waals surface area contributed by atoms with E-state index in [2.05, 4.69) is 5.16 Å². The normalized spacial score (nSPS) is 18.9. The zero-order valence-electron chi connectivity index (χ0n) is 8.05. The lowest BCUT2D eigenvalue weighted by atomic mass is 9.99. The number of rotatable bonds is 4. The maximum Gasteiger partial charge on any atom is 0.133 e. The molecular formula is C10H16N2O. The molecule has 2 N–H and O–H groups in total. The van der Waals surface area contributed by atoms with Crippen molar-refractivity contribution in [3.8, 4) is 0 Å². The second-order valence-electron chi connectivity index (χ2n) is 4.13. The highest BCUT2D eigenvalue weighted by Gasteiger charge is 2.40. The Morgan fingerprint density at radius 2 is 2.38 bits per heavy atom. The van der Waals surface area contributed by atoms with Gasteiger partial charge >= 0.3 is 0 Å². The highest BCUT2D eigenvalue weighted by Crippen LogP contribution is 2.48. The number of aryl methyl sites for hydroxylation is 2. The van der Waals surface area contributed by atoms with Gasteiger partial charge in [0.05, 0.1) is 5.69 Å². The van der Waals surface area contributed by atoms with Gasteiger partial charge in [-0.2, -0.15) is 0 Å². The van der Waals surface area contributed by atoms with Gasteiger partial charge in [0.1, 0.15) is 5.76 Å². The van der Waals surface area contributed by atoms with E-state index in [0.29, 0.717) is 5.41 Å². The van der Waals surface area contributed by atoms with Crippen LogP contribution in [0.1, 0.15) is 30.7 Å². The van der Waals surface area contributed by atoms with Crippen molar-refractivity contribution in [3.63, 3.8) is 0 Å². The first-order chi connectivity index (χ1) is 6.24. The molecule has 0 amide bonds. The first-order valence-corrected chi connectivity index (χ1v) is 4.86. The molecule has 0 atom stereocenters. The molecule has 3 nitrogen and oxygen atoms in total. The molecule has 0 saturated heterocycles. The molecule has 0 aliphatic heterocycles. The van der Waals surface area contributed by atoms with Crippen LogP contribution in [0.3, 0.4) is 0 Å². The van der Waals surface area contributed by atoms with Gasteiger partial charge in [-0.3, -0.25) is 0 Å². The van der Waals surface area contributed by atoms with E-state index in [4.69, 9.17) is 10.3 Å². The molecule has 1 aliphatic carbocycles. The average Bonchev–Trinajstić information content (AvgIpc) is 2.81. The summed E-state index contributed by atoms with van der Waals surface area (Å²) in [5, 5.41) is 3.97. The number of nitrogens with zero attached hydrogens (tertiary/aromatic N) is 1. The summed E-state index contributed by atoms with van der Waals surface area (Å²) in [6.07, 6.45) is 4.75. The molecular weight excluding hydrogens is 164 g/mol. The minimum absolute atomic E-state index is 0.451. The van der Waals surface area contributed by atoms with Gasteiger partial charge in [-0.15, -0.1) is 0 Å². The Hall–Kier alpha value is -0.830. The second-order valence-corrected chi connectivity index (χ2v) is 4.13. The summed E-state index contributed by atoms with van der Waals surface area (Å²) >= 11 is 0. The number of hydrogen-bond acceptors (Lipinski definition) is 3. The minimum Gasteiger partial charge on any atom is -0.361 e. The molecule has 1 aliphatic rings. The van der Waals surface area contributed by atoms with Crippen LogP contribution < -0.4 is 5.73 Å². The van der Waals surface area contributed by atoms with Crippen LogP contribution in [-0.4, -0.2) is 11.7 Å². The summed E-state index contributed by atoms with van der Waals surface area (Å²) in [6, 6.07) is 2.01. The first kappa shape index (κ1) is 8.75. The average molecular weight is 180 g/mol. The van der Waals surface area contributed by atoms with Gasteiger partial charge in [0.15, 0.2) is 0 Å². The van der Waals surface area contributed by atoms with Crippen LogP contribution in [0.2, 0.25) is 0 Å². The van der Waals surface area contributed by atoms with Crippen LogP contribution in [0.15, 0.2) is 10.6 Å². The minimum atomic E-state index is 0.451.